The summed E-state index contributed by atoms with van der Waals surface area (Å²) in [5, 5.41) is 9.58. The first-order chi connectivity index (χ1) is 9.72. The van der Waals surface area contributed by atoms with Crippen molar-refractivity contribution in [2.45, 2.75) is 4.90 Å². The average Bonchev–Trinajstić information content (AvgIpc) is 2.96. The lowest BCUT2D eigenvalue weighted by Crippen LogP contribution is -2.37. The van der Waals surface area contributed by atoms with Crippen LogP contribution >= 0.6 is 24.2 Å². The van der Waals surface area contributed by atoms with Crippen molar-refractivity contribution in [3.63, 3.8) is 0 Å². The smallest absolute Gasteiger partial charge is 0.201 e. The van der Waals surface area contributed by atoms with Crippen LogP contribution in [-0.4, -0.2) is 11.3 Å². The standard InChI is InChI=1S/C12H13N5OS2/c13-16-12(19)17-15-7-9-3-6-11(18-9)8-1-4-10(20-14)5-2-8/h1-7H,13-14H2,(H2,16,17,19)/b15-7+. The number of hydrogen-bond donors (Lipinski definition) is 4. The SMILES string of the molecule is NNC(=S)N/N=C/c1ccc(-c2ccc(SN)cc2)o1. The molecular formula is C12H13N5OS2. The minimum Gasteiger partial charge on any atom is -0.455 e. The van der Waals surface area contributed by atoms with E-state index in [2.05, 4.69) is 16.0 Å². The highest BCUT2D eigenvalue weighted by Crippen LogP contribution is 2.23. The molecule has 0 atom stereocenters. The van der Waals surface area contributed by atoms with E-state index in [1.807, 2.05) is 36.4 Å². The number of hydrogen-bond acceptors (Lipinski definition) is 6. The largest absolute Gasteiger partial charge is 0.455 e. The number of nitrogens with one attached hydrogen (secondary N) is 2. The summed E-state index contributed by atoms with van der Waals surface area (Å²) >= 11 is 5.98. The molecular weight excluding hydrogens is 294 g/mol. The Balaban J connectivity index is 2.06. The van der Waals surface area contributed by atoms with Gasteiger partial charge in [0.2, 0.25) is 5.11 Å². The second kappa shape index (κ2) is 7.06. The minimum absolute atomic E-state index is 0.225. The highest BCUT2D eigenvalue weighted by atomic mass is 32.2. The predicted octanol–water partition coefficient (Wildman–Crippen LogP) is 1.58. The summed E-state index contributed by atoms with van der Waals surface area (Å²) in [7, 11) is 0. The van der Waals surface area contributed by atoms with Crippen LogP contribution in [0.3, 0.4) is 0 Å². The zero-order valence-corrected chi connectivity index (χ0v) is 12.0. The van der Waals surface area contributed by atoms with Crippen molar-refractivity contribution >= 4 is 35.5 Å². The van der Waals surface area contributed by atoms with E-state index in [1.165, 1.54) is 18.2 Å². The van der Waals surface area contributed by atoms with Crippen LogP contribution in [0.1, 0.15) is 5.76 Å². The van der Waals surface area contributed by atoms with E-state index in [4.69, 9.17) is 27.6 Å². The fourth-order valence-corrected chi connectivity index (χ4v) is 1.81. The Kier molecular flexibility index (Phi) is 5.13. The number of nitrogens with zero attached hydrogens (tertiary/aromatic N) is 1. The zero-order chi connectivity index (χ0) is 14.4. The van der Waals surface area contributed by atoms with Gasteiger partial charge in [-0.25, -0.2) is 5.84 Å². The number of furan rings is 1. The monoisotopic (exact) mass is 307 g/mol. The van der Waals surface area contributed by atoms with Gasteiger partial charge in [0.05, 0.1) is 6.21 Å². The molecule has 0 spiro atoms. The highest BCUT2D eigenvalue weighted by Gasteiger charge is 2.03. The molecule has 0 aliphatic rings. The number of thiocarbonyl (C=S) groups is 1. The van der Waals surface area contributed by atoms with E-state index in [-0.39, 0.29) is 5.11 Å². The maximum atomic E-state index is 5.64. The molecule has 2 aromatic rings. The molecule has 0 saturated carbocycles. The van der Waals surface area contributed by atoms with Crippen molar-refractivity contribution in [2.75, 3.05) is 0 Å². The second-order valence-electron chi connectivity index (χ2n) is 3.69. The highest BCUT2D eigenvalue weighted by molar-refractivity contribution is 7.97. The lowest BCUT2D eigenvalue weighted by atomic mass is 10.2. The molecule has 0 amide bonds. The molecule has 0 fully saturated rings. The first-order valence-electron chi connectivity index (χ1n) is 5.59. The van der Waals surface area contributed by atoms with Crippen LogP contribution < -0.4 is 21.8 Å². The zero-order valence-electron chi connectivity index (χ0n) is 10.4. The van der Waals surface area contributed by atoms with Crippen LogP contribution in [0.2, 0.25) is 0 Å². The van der Waals surface area contributed by atoms with E-state index in [0.29, 0.717) is 5.76 Å². The third-order valence-corrected chi connectivity index (χ3v) is 3.14. The molecule has 2 rings (SSSR count). The Morgan fingerprint density at radius 3 is 2.65 bits per heavy atom. The van der Waals surface area contributed by atoms with Crippen LogP contribution in [0.5, 0.6) is 0 Å². The van der Waals surface area contributed by atoms with E-state index in [1.54, 1.807) is 0 Å². The molecule has 0 bridgehead atoms. The molecule has 20 heavy (non-hydrogen) atoms. The maximum absolute atomic E-state index is 5.64. The van der Waals surface area contributed by atoms with Crippen molar-refractivity contribution < 1.29 is 4.42 Å². The Labute approximate surface area is 125 Å². The van der Waals surface area contributed by atoms with Gasteiger partial charge in [0.15, 0.2) is 0 Å². The van der Waals surface area contributed by atoms with Gasteiger partial charge in [0.1, 0.15) is 11.5 Å². The number of rotatable bonds is 4. The molecule has 1 aromatic carbocycles. The van der Waals surface area contributed by atoms with Gasteiger partial charge in [0, 0.05) is 10.5 Å². The van der Waals surface area contributed by atoms with Gasteiger partial charge in [-0.05, 0) is 48.4 Å². The molecule has 0 saturated heterocycles. The first-order valence-corrected chi connectivity index (χ1v) is 6.88. The van der Waals surface area contributed by atoms with Crippen LogP contribution in [0.25, 0.3) is 11.3 Å². The summed E-state index contributed by atoms with van der Waals surface area (Å²) in [5.41, 5.74) is 5.76. The summed E-state index contributed by atoms with van der Waals surface area (Å²) in [6.45, 7) is 0. The number of benzene rings is 1. The van der Waals surface area contributed by atoms with Crippen LogP contribution in [0.4, 0.5) is 0 Å². The van der Waals surface area contributed by atoms with Crippen molar-refractivity contribution in [2.24, 2.45) is 16.1 Å². The van der Waals surface area contributed by atoms with E-state index >= 15 is 0 Å². The minimum atomic E-state index is 0.225. The normalized spacial score (nSPS) is 10.7. The van der Waals surface area contributed by atoms with Gasteiger partial charge >= 0.3 is 0 Å². The summed E-state index contributed by atoms with van der Waals surface area (Å²) < 4.78 is 5.64. The fourth-order valence-electron chi connectivity index (χ4n) is 1.46. The molecule has 0 unspecified atom stereocenters. The summed E-state index contributed by atoms with van der Waals surface area (Å²) in [6.07, 6.45) is 1.51. The quantitative estimate of drug-likeness (QED) is 0.224. The van der Waals surface area contributed by atoms with E-state index in [9.17, 15) is 0 Å². The second-order valence-corrected chi connectivity index (χ2v) is 4.80. The molecule has 104 valence electrons. The number of nitrogens with two attached hydrogens (primary N) is 2. The molecule has 8 heteroatoms. The van der Waals surface area contributed by atoms with Gasteiger partial charge in [-0.1, -0.05) is 12.1 Å². The van der Waals surface area contributed by atoms with Gasteiger partial charge in [-0.15, -0.1) is 0 Å². The van der Waals surface area contributed by atoms with Gasteiger partial charge in [-0.3, -0.25) is 16.0 Å². The van der Waals surface area contributed by atoms with Crippen LogP contribution in [-0.2, 0) is 0 Å². The third-order valence-electron chi connectivity index (χ3n) is 2.39. The molecule has 0 radical (unpaired) electrons. The van der Waals surface area contributed by atoms with Gasteiger partial charge < -0.3 is 4.42 Å². The molecule has 0 aliphatic heterocycles. The molecule has 6 nitrogen and oxygen atoms in total. The molecule has 6 N–H and O–H groups in total. The number of hydrazine groups is 1. The third kappa shape index (κ3) is 3.81. The van der Waals surface area contributed by atoms with Crippen molar-refractivity contribution in [1.82, 2.24) is 10.9 Å². The van der Waals surface area contributed by atoms with E-state index in [0.717, 1.165) is 16.2 Å². The lowest BCUT2D eigenvalue weighted by molar-refractivity contribution is 0.574. The maximum Gasteiger partial charge on any atom is 0.201 e. The van der Waals surface area contributed by atoms with Gasteiger partial charge in [0.25, 0.3) is 0 Å². The molecule has 1 heterocycles. The first kappa shape index (κ1) is 14.5. The molecule has 0 aliphatic carbocycles. The Bertz CT molecular complexity index is 609. The van der Waals surface area contributed by atoms with Crippen molar-refractivity contribution in [3.05, 3.63) is 42.2 Å². The topological polar surface area (TPSA) is 102 Å². The Morgan fingerprint density at radius 2 is 2.00 bits per heavy atom. The predicted molar refractivity (Wildman–Crippen MR) is 84.8 cm³/mol. The summed E-state index contributed by atoms with van der Waals surface area (Å²) in [4.78, 5) is 0.995. The van der Waals surface area contributed by atoms with Crippen molar-refractivity contribution in [1.29, 1.82) is 0 Å². The van der Waals surface area contributed by atoms with Crippen molar-refractivity contribution in [3.8, 4) is 11.3 Å². The van der Waals surface area contributed by atoms with Gasteiger partial charge in [-0.2, -0.15) is 5.10 Å². The number of hydrazone groups is 1. The lowest BCUT2D eigenvalue weighted by Gasteiger charge is -1.99. The fraction of sp³-hybridized carbons (Fsp3) is 0. The Hall–Kier alpha value is -1.87. The van der Waals surface area contributed by atoms with Crippen LogP contribution in [0, 0.1) is 0 Å². The molecule has 1 aromatic heterocycles. The van der Waals surface area contributed by atoms with Crippen LogP contribution in [0.15, 0.2) is 50.8 Å². The average molecular weight is 307 g/mol. The van der Waals surface area contributed by atoms with E-state index < -0.39 is 0 Å². The summed E-state index contributed by atoms with van der Waals surface area (Å²) in [6, 6.07) is 11.4. The Morgan fingerprint density at radius 1 is 1.25 bits per heavy atom. The summed E-state index contributed by atoms with van der Waals surface area (Å²) in [5.74, 6) is 6.44.